The predicted octanol–water partition coefficient (Wildman–Crippen LogP) is 3.26. The fourth-order valence-electron chi connectivity index (χ4n) is 2.55. The number of nitrogens with zero attached hydrogens (tertiary/aromatic N) is 1. The van der Waals surface area contributed by atoms with Gasteiger partial charge in [0.25, 0.3) is 0 Å². The number of amides is 2. The first kappa shape index (κ1) is 18.6. The van der Waals surface area contributed by atoms with Gasteiger partial charge in [0.15, 0.2) is 0 Å². The van der Waals surface area contributed by atoms with E-state index in [-0.39, 0.29) is 12.5 Å². The number of carbonyl (C=O) groups is 2. The maximum Gasteiger partial charge on any atom is 0.415 e. The van der Waals surface area contributed by atoms with Crippen molar-refractivity contribution in [2.45, 2.75) is 32.4 Å². The number of hydrogen-bond acceptors (Lipinski definition) is 4. The molecule has 0 aliphatic carbocycles. The molecule has 0 aromatic heterocycles. The average Bonchev–Trinajstić information content (AvgIpc) is 2.56. The summed E-state index contributed by atoms with van der Waals surface area (Å²) in [5.41, 5.74) is 1.10. The quantitative estimate of drug-likeness (QED) is 0.851. The van der Waals surface area contributed by atoms with Crippen molar-refractivity contribution in [3.05, 3.63) is 48.2 Å². The molecule has 1 unspecified atom stereocenters. The first-order valence-electron chi connectivity index (χ1n) is 8.01. The lowest BCUT2D eigenvalue weighted by Gasteiger charge is -2.33. The molecule has 0 bridgehead atoms. The normalized spacial score (nSPS) is 16.0. The van der Waals surface area contributed by atoms with Crippen molar-refractivity contribution in [2.24, 2.45) is 0 Å². The highest BCUT2D eigenvalue weighted by molar-refractivity contribution is 5.90. The Morgan fingerprint density at radius 1 is 1.36 bits per heavy atom. The smallest absolute Gasteiger partial charge is 0.415 e. The third kappa shape index (κ3) is 4.41. The Bertz CT molecular complexity index is 704. The number of fused-ring (bicyclic) bond motifs is 1. The van der Waals surface area contributed by atoms with Crippen LogP contribution in [0.1, 0.15) is 37.9 Å². The lowest BCUT2D eigenvalue weighted by Crippen LogP contribution is -2.48. The van der Waals surface area contributed by atoms with Gasteiger partial charge in [0.05, 0.1) is 7.11 Å². The van der Waals surface area contributed by atoms with Crippen LogP contribution in [0.5, 0.6) is 5.75 Å². The van der Waals surface area contributed by atoms with Crippen LogP contribution in [0, 0.1) is 0 Å². The number of rotatable bonds is 4. The van der Waals surface area contributed by atoms with E-state index in [1.54, 1.807) is 31.5 Å². The monoisotopic (exact) mass is 344 g/mol. The van der Waals surface area contributed by atoms with E-state index in [9.17, 15) is 9.59 Å². The largest absolute Gasteiger partial charge is 0.497 e. The maximum atomic E-state index is 12.9. The Morgan fingerprint density at radius 2 is 2.08 bits per heavy atom. The second kappa shape index (κ2) is 7.42. The van der Waals surface area contributed by atoms with E-state index >= 15 is 0 Å². The first-order chi connectivity index (χ1) is 11.8. The minimum Gasteiger partial charge on any atom is -0.497 e. The summed E-state index contributed by atoms with van der Waals surface area (Å²) in [6, 6.07) is 4.57. The zero-order valence-corrected chi connectivity index (χ0v) is 15.0. The number of ether oxygens (including phenoxy) is 2. The zero-order valence-electron chi connectivity index (χ0n) is 15.0. The summed E-state index contributed by atoms with van der Waals surface area (Å²) in [6.07, 6.45) is 4.19. The van der Waals surface area contributed by atoms with Gasteiger partial charge in [0, 0.05) is 11.7 Å². The van der Waals surface area contributed by atoms with Gasteiger partial charge in [-0.3, -0.25) is 9.69 Å². The van der Waals surface area contributed by atoms with Crippen LogP contribution in [0.15, 0.2) is 37.1 Å². The highest BCUT2D eigenvalue weighted by atomic mass is 16.6. The molecule has 2 rings (SSSR count). The van der Waals surface area contributed by atoms with Crippen LogP contribution in [-0.2, 0) is 9.53 Å². The molecule has 0 spiro atoms. The molecule has 1 aromatic rings. The summed E-state index contributed by atoms with van der Waals surface area (Å²) in [5.74, 6) is 0.403. The second-order valence-corrected chi connectivity index (χ2v) is 6.73. The van der Waals surface area contributed by atoms with Gasteiger partial charge in [-0.25, -0.2) is 4.79 Å². The van der Waals surface area contributed by atoms with Gasteiger partial charge in [-0.15, -0.1) is 0 Å². The molecule has 1 aliphatic heterocycles. The summed E-state index contributed by atoms with van der Waals surface area (Å²) in [6.45, 7) is 9.27. The Hall–Kier alpha value is -2.76. The summed E-state index contributed by atoms with van der Waals surface area (Å²) >= 11 is 0. The molecule has 0 fully saturated rings. The van der Waals surface area contributed by atoms with Gasteiger partial charge >= 0.3 is 6.09 Å². The van der Waals surface area contributed by atoms with Gasteiger partial charge < -0.3 is 14.8 Å². The fourth-order valence-corrected chi connectivity index (χ4v) is 2.55. The molecule has 0 saturated carbocycles. The number of nitrogens with one attached hydrogen (secondary N) is 1. The first-order valence-corrected chi connectivity index (χ1v) is 8.01. The Morgan fingerprint density at radius 3 is 2.68 bits per heavy atom. The highest BCUT2D eigenvalue weighted by Gasteiger charge is 2.36. The summed E-state index contributed by atoms with van der Waals surface area (Å²) in [5, 5.41) is 2.93. The van der Waals surface area contributed by atoms with Gasteiger partial charge in [-0.2, -0.15) is 0 Å². The molecule has 1 N–H and O–H groups in total. The molecule has 1 aliphatic rings. The predicted molar refractivity (Wildman–Crippen MR) is 96.0 cm³/mol. The molecular weight excluding hydrogens is 320 g/mol. The van der Waals surface area contributed by atoms with Crippen molar-refractivity contribution in [3.8, 4) is 5.75 Å². The average molecular weight is 344 g/mol. The van der Waals surface area contributed by atoms with E-state index in [2.05, 4.69) is 11.9 Å². The minimum atomic E-state index is -0.817. The number of methoxy groups -OCH3 is 1. The molecule has 0 saturated heterocycles. The van der Waals surface area contributed by atoms with Crippen LogP contribution in [0.4, 0.5) is 4.79 Å². The molecule has 1 heterocycles. The Balaban J connectivity index is 2.42. The van der Waals surface area contributed by atoms with Gasteiger partial charge in [0.2, 0.25) is 5.91 Å². The standard InChI is InChI=1S/C19H24N2O4/c1-6-11-25-18(23)21-10-9-13-12-14(24-5)7-8-15(13)16(21)17(22)20-19(2,3)4/h6-10,12,16H,1,11H2,2-5H3,(H,20,22). The van der Waals surface area contributed by atoms with Crippen LogP contribution < -0.4 is 10.1 Å². The van der Waals surface area contributed by atoms with Crippen LogP contribution in [-0.4, -0.2) is 36.2 Å². The molecule has 1 atom stereocenters. The van der Waals surface area contributed by atoms with Gasteiger partial charge in [0.1, 0.15) is 18.4 Å². The summed E-state index contributed by atoms with van der Waals surface area (Å²) in [7, 11) is 1.58. The highest BCUT2D eigenvalue weighted by Crippen LogP contribution is 2.33. The SMILES string of the molecule is C=CCOC(=O)N1C=Cc2cc(OC)ccc2C1C(=O)NC(C)(C)C. The number of hydrogen-bond donors (Lipinski definition) is 1. The third-order valence-electron chi connectivity index (χ3n) is 3.56. The van der Waals surface area contributed by atoms with E-state index in [4.69, 9.17) is 9.47 Å². The van der Waals surface area contributed by atoms with Crippen LogP contribution in [0.25, 0.3) is 6.08 Å². The molecule has 0 radical (unpaired) electrons. The van der Waals surface area contributed by atoms with E-state index in [1.807, 2.05) is 26.8 Å². The summed E-state index contributed by atoms with van der Waals surface area (Å²) in [4.78, 5) is 26.5. The molecule has 134 valence electrons. The van der Waals surface area contributed by atoms with Crippen molar-refractivity contribution < 1.29 is 19.1 Å². The van der Waals surface area contributed by atoms with Gasteiger partial charge in [-0.05, 0) is 50.1 Å². The maximum absolute atomic E-state index is 12.9. The van der Waals surface area contributed by atoms with E-state index < -0.39 is 17.7 Å². The molecule has 6 nitrogen and oxygen atoms in total. The Labute approximate surface area is 148 Å². The summed E-state index contributed by atoms with van der Waals surface area (Å²) < 4.78 is 10.3. The third-order valence-corrected chi connectivity index (χ3v) is 3.56. The Kier molecular flexibility index (Phi) is 5.51. The van der Waals surface area contributed by atoms with Crippen molar-refractivity contribution >= 4 is 18.1 Å². The van der Waals surface area contributed by atoms with E-state index in [1.165, 1.54) is 11.0 Å². The van der Waals surface area contributed by atoms with Crippen LogP contribution in [0.2, 0.25) is 0 Å². The minimum absolute atomic E-state index is 0.0756. The van der Waals surface area contributed by atoms with Crippen LogP contribution >= 0.6 is 0 Å². The molecule has 6 heteroatoms. The van der Waals surface area contributed by atoms with Crippen molar-refractivity contribution in [1.82, 2.24) is 10.2 Å². The lowest BCUT2D eigenvalue weighted by molar-refractivity contribution is -0.126. The zero-order chi connectivity index (χ0) is 18.6. The van der Waals surface area contributed by atoms with E-state index in [0.29, 0.717) is 11.3 Å². The van der Waals surface area contributed by atoms with Gasteiger partial charge in [-0.1, -0.05) is 18.7 Å². The molecule has 2 amide bonds. The number of benzene rings is 1. The van der Waals surface area contributed by atoms with Crippen molar-refractivity contribution in [3.63, 3.8) is 0 Å². The molecular formula is C19H24N2O4. The van der Waals surface area contributed by atoms with Crippen molar-refractivity contribution in [1.29, 1.82) is 0 Å². The van der Waals surface area contributed by atoms with Crippen LogP contribution in [0.3, 0.4) is 0 Å². The van der Waals surface area contributed by atoms with Crippen molar-refractivity contribution in [2.75, 3.05) is 13.7 Å². The lowest BCUT2D eigenvalue weighted by atomic mass is 9.94. The second-order valence-electron chi connectivity index (χ2n) is 6.73. The molecule has 1 aromatic carbocycles. The molecule has 25 heavy (non-hydrogen) atoms. The topological polar surface area (TPSA) is 67.9 Å². The fraction of sp³-hybridized carbons (Fsp3) is 0.368. The van der Waals surface area contributed by atoms with E-state index in [0.717, 1.165) is 5.56 Å². The number of carbonyl (C=O) groups excluding carboxylic acids is 2.